The van der Waals surface area contributed by atoms with E-state index in [1.165, 1.54) is 12.1 Å². The van der Waals surface area contributed by atoms with Crippen LogP contribution in [-0.2, 0) is 21.3 Å². The summed E-state index contributed by atoms with van der Waals surface area (Å²) in [7, 11) is 0. The molecule has 1 heterocycles. The molecule has 0 spiro atoms. The molecular weight excluding hydrogens is 303 g/mol. The number of thiol groups is 1. The lowest BCUT2D eigenvalue weighted by atomic mass is 9.84. The van der Waals surface area contributed by atoms with Crippen molar-refractivity contribution in [2.24, 2.45) is 0 Å². The SMILES string of the molecule is O=C(CS)OC1(c2ccc(C(F)(F)F)cc2)CCNCC1. The molecule has 1 fully saturated rings. The van der Waals surface area contributed by atoms with Crippen molar-refractivity contribution in [3.63, 3.8) is 0 Å². The Bertz CT molecular complexity index is 496. The Hall–Kier alpha value is -1.21. The van der Waals surface area contributed by atoms with E-state index in [9.17, 15) is 18.0 Å². The summed E-state index contributed by atoms with van der Waals surface area (Å²) in [5.41, 5.74) is -0.988. The highest BCUT2D eigenvalue weighted by molar-refractivity contribution is 7.81. The van der Waals surface area contributed by atoms with E-state index in [0.29, 0.717) is 31.5 Å². The van der Waals surface area contributed by atoms with E-state index in [1.807, 2.05) is 0 Å². The van der Waals surface area contributed by atoms with Gasteiger partial charge in [0.15, 0.2) is 0 Å². The van der Waals surface area contributed by atoms with Crippen LogP contribution < -0.4 is 5.32 Å². The molecule has 0 atom stereocenters. The predicted molar refractivity (Wildman–Crippen MR) is 75.2 cm³/mol. The normalized spacial score (nSPS) is 18.3. The molecule has 21 heavy (non-hydrogen) atoms. The minimum atomic E-state index is -4.37. The van der Waals surface area contributed by atoms with Gasteiger partial charge in [0.25, 0.3) is 0 Å². The Morgan fingerprint density at radius 2 is 1.81 bits per heavy atom. The summed E-state index contributed by atoms with van der Waals surface area (Å²) in [6.45, 7) is 1.28. The second kappa shape index (κ2) is 6.27. The van der Waals surface area contributed by atoms with Gasteiger partial charge >= 0.3 is 12.1 Å². The van der Waals surface area contributed by atoms with Gasteiger partial charge in [-0.3, -0.25) is 4.79 Å². The van der Waals surface area contributed by atoms with Gasteiger partial charge in [-0.05, 0) is 30.8 Å². The van der Waals surface area contributed by atoms with Gasteiger partial charge in [-0.2, -0.15) is 25.8 Å². The summed E-state index contributed by atoms with van der Waals surface area (Å²) in [6, 6.07) is 4.82. The molecule has 1 aromatic rings. The van der Waals surface area contributed by atoms with Crippen LogP contribution >= 0.6 is 12.6 Å². The van der Waals surface area contributed by atoms with Crippen molar-refractivity contribution >= 4 is 18.6 Å². The van der Waals surface area contributed by atoms with Gasteiger partial charge in [0, 0.05) is 12.8 Å². The van der Waals surface area contributed by atoms with Crippen LogP contribution in [0.4, 0.5) is 13.2 Å². The Labute approximate surface area is 126 Å². The molecule has 0 aliphatic carbocycles. The Kier molecular flexibility index (Phi) is 4.83. The monoisotopic (exact) mass is 319 g/mol. The van der Waals surface area contributed by atoms with E-state index in [-0.39, 0.29) is 5.75 Å². The number of piperidine rings is 1. The molecule has 0 amide bonds. The second-order valence-electron chi connectivity index (χ2n) is 4.95. The van der Waals surface area contributed by atoms with Crippen LogP contribution in [0, 0.1) is 0 Å². The molecule has 1 aromatic carbocycles. The number of nitrogens with one attached hydrogen (secondary N) is 1. The zero-order chi connectivity index (χ0) is 15.5. The van der Waals surface area contributed by atoms with Crippen molar-refractivity contribution in [3.05, 3.63) is 35.4 Å². The predicted octanol–water partition coefficient (Wildman–Crippen LogP) is 2.76. The number of rotatable bonds is 3. The molecule has 1 aliphatic heterocycles. The maximum atomic E-state index is 12.6. The molecule has 116 valence electrons. The molecule has 0 radical (unpaired) electrons. The third-order valence-electron chi connectivity index (χ3n) is 3.59. The number of ether oxygens (including phenoxy) is 1. The van der Waals surface area contributed by atoms with Gasteiger partial charge in [-0.25, -0.2) is 0 Å². The second-order valence-corrected chi connectivity index (χ2v) is 5.27. The van der Waals surface area contributed by atoms with Crippen LogP contribution in [0.25, 0.3) is 0 Å². The lowest BCUT2D eigenvalue weighted by molar-refractivity contribution is -0.161. The van der Waals surface area contributed by atoms with E-state index in [0.717, 1.165) is 12.1 Å². The molecular formula is C14H16F3NO2S. The Balaban J connectivity index is 2.30. The van der Waals surface area contributed by atoms with E-state index < -0.39 is 23.3 Å². The summed E-state index contributed by atoms with van der Waals surface area (Å²) in [4.78, 5) is 11.6. The maximum absolute atomic E-state index is 12.6. The fraction of sp³-hybridized carbons (Fsp3) is 0.500. The largest absolute Gasteiger partial charge is 0.453 e. The first-order chi connectivity index (χ1) is 9.87. The highest BCUT2D eigenvalue weighted by atomic mass is 32.1. The first kappa shape index (κ1) is 16.2. The van der Waals surface area contributed by atoms with Crippen LogP contribution in [0.2, 0.25) is 0 Å². The number of carbonyl (C=O) groups is 1. The lowest BCUT2D eigenvalue weighted by Gasteiger charge is -2.37. The Morgan fingerprint density at radius 1 is 1.24 bits per heavy atom. The number of hydrogen-bond donors (Lipinski definition) is 2. The van der Waals surface area contributed by atoms with Crippen LogP contribution in [0.3, 0.4) is 0 Å². The van der Waals surface area contributed by atoms with Crippen molar-refractivity contribution in [2.45, 2.75) is 24.6 Å². The van der Waals surface area contributed by atoms with E-state index in [1.54, 1.807) is 0 Å². The van der Waals surface area contributed by atoms with Crippen molar-refractivity contribution in [1.82, 2.24) is 5.32 Å². The average Bonchev–Trinajstić information content (AvgIpc) is 2.47. The van der Waals surface area contributed by atoms with Gasteiger partial charge < -0.3 is 10.1 Å². The van der Waals surface area contributed by atoms with Gasteiger partial charge in [0.2, 0.25) is 0 Å². The van der Waals surface area contributed by atoms with Crippen molar-refractivity contribution in [1.29, 1.82) is 0 Å². The molecule has 1 N–H and O–H groups in total. The smallest absolute Gasteiger partial charge is 0.416 e. The summed E-state index contributed by atoms with van der Waals surface area (Å²) < 4.78 is 43.4. The first-order valence-corrected chi connectivity index (χ1v) is 7.22. The minimum Gasteiger partial charge on any atom is -0.453 e. The van der Waals surface area contributed by atoms with Gasteiger partial charge in [-0.1, -0.05) is 12.1 Å². The lowest BCUT2D eigenvalue weighted by Crippen LogP contribution is -2.43. The molecule has 0 aromatic heterocycles. The van der Waals surface area contributed by atoms with Gasteiger partial charge in [0.1, 0.15) is 5.60 Å². The van der Waals surface area contributed by atoms with E-state index in [2.05, 4.69) is 17.9 Å². The molecule has 1 saturated heterocycles. The molecule has 7 heteroatoms. The van der Waals surface area contributed by atoms with Gasteiger partial charge in [0.05, 0.1) is 11.3 Å². The standard InChI is InChI=1S/C14H16F3NO2S/c15-14(16,17)11-3-1-10(2-4-11)13(20-12(19)9-21)5-7-18-8-6-13/h1-4,18,21H,5-9H2. The topological polar surface area (TPSA) is 38.3 Å². The quantitative estimate of drug-likeness (QED) is 0.665. The highest BCUT2D eigenvalue weighted by Crippen LogP contribution is 2.37. The fourth-order valence-electron chi connectivity index (χ4n) is 2.49. The summed E-state index contributed by atoms with van der Waals surface area (Å²) >= 11 is 3.88. The average molecular weight is 319 g/mol. The molecule has 0 bridgehead atoms. The molecule has 2 rings (SSSR count). The van der Waals surface area contributed by atoms with Gasteiger partial charge in [-0.15, -0.1) is 0 Å². The van der Waals surface area contributed by atoms with Crippen LogP contribution in [-0.4, -0.2) is 24.8 Å². The summed E-state index contributed by atoms with van der Waals surface area (Å²) in [6.07, 6.45) is -3.32. The van der Waals surface area contributed by atoms with Crippen LogP contribution in [0.5, 0.6) is 0 Å². The number of carbonyl (C=O) groups excluding carboxylic acids is 1. The Morgan fingerprint density at radius 3 is 2.29 bits per heavy atom. The van der Waals surface area contributed by atoms with E-state index in [4.69, 9.17) is 4.74 Å². The van der Waals surface area contributed by atoms with E-state index >= 15 is 0 Å². The van der Waals surface area contributed by atoms with Crippen LogP contribution in [0.1, 0.15) is 24.0 Å². The zero-order valence-electron chi connectivity index (χ0n) is 11.2. The molecule has 0 unspecified atom stereocenters. The fourth-order valence-corrected chi connectivity index (χ4v) is 2.56. The minimum absolute atomic E-state index is 0.0597. The number of benzene rings is 1. The third kappa shape index (κ3) is 3.71. The number of hydrogen-bond acceptors (Lipinski definition) is 4. The molecule has 3 nitrogen and oxygen atoms in total. The molecule has 0 saturated carbocycles. The first-order valence-electron chi connectivity index (χ1n) is 6.58. The highest BCUT2D eigenvalue weighted by Gasteiger charge is 2.38. The van der Waals surface area contributed by atoms with Crippen LogP contribution in [0.15, 0.2) is 24.3 Å². The third-order valence-corrected chi connectivity index (χ3v) is 3.85. The summed E-state index contributed by atoms with van der Waals surface area (Å²) in [5, 5.41) is 3.15. The maximum Gasteiger partial charge on any atom is 0.416 e. The number of halogens is 3. The number of alkyl halides is 3. The van der Waals surface area contributed by atoms with Crippen molar-refractivity contribution in [2.75, 3.05) is 18.8 Å². The summed E-state index contributed by atoms with van der Waals surface area (Å²) in [5.74, 6) is -0.532. The van der Waals surface area contributed by atoms with Crippen molar-refractivity contribution in [3.8, 4) is 0 Å². The molecule has 1 aliphatic rings. The van der Waals surface area contributed by atoms with Crippen molar-refractivity contribution < 1.29 is 22.7 Å². The number of esters is 1. The zero-order valence-corrected chi connectivity index (χ0v) is 12.1.